The lowest BCUT2D eigenvalue weighted by Crippen LogP contribution is -2.12. The molecule has 0 saturated heterocycles. The second kappa shape index (κ2) is 5.13. The monoisotopic (exact) mass is 266 g/mol. The van der Waals surface area contributed by atoms with Crippen molar-refractivity contribution in [3.63, 3.8) is 0 Å². The summed E-state index contributed by atoms with van der Waals surface area (Å²) in [7, 11) is 0. The number of anilines is 1. The van der Waals surface area contributed by atoms with E-state index in [9.17, 15) is 4.79 Å². The van der Waals surface area contributed by atoms with Gasteiger partial charge < -0.3 is 10.3 Å². The molecular weight excluding hydrogens is 252 g/mol. The van der Waals surface area contributed by atoms with Gasteiger partial charge >= 0.3 is 0 Å². The highest BCUT2D eigenvalue weighted by Crippen LogP contribution is 2.13. The molecule has 0 aliphatic carbocycles. The third kappa shape index (κ3) is 2.38. The van der Waals surface area contributed by atoms with Crippen LogP contribution < -0.4 is 5.32 Å². The number of rotatable bonds is 3. The van der Waals surface area contributed by atoms with Crippen molar-refractivity contribution in [2.24, 2.45) is 0 Å². The summed E-state index contributed by atoms with van der Waals surface area (Å²) < 4.78 is 0. The van der Waals surface area contributed by atoms with Crippen LogP contribution in [0.4, 0.5) is 5.69 Å². The van der Waals surface area contributed by atoms with Crippen LogP contribution in [-0.2, 0) is 6.42 Å². The Balaban J connectivity index is 1.80. The fourth-order valence-corrected chi connectivity index (χ4v) is 1.98. The summed E-state index contributed by atoms with van der Waals surface area (Å²) in [4.78, 5) is 23.2. The maximum absolute atomic E-state index is 12.1. The van der Waals surface area contributed by atoms with Gasteiger partial charge in [0.1, 0.15) is 0 Å². The first-order valence-corrected chi connectivity index (χ1v) is 6.45. The quantitative estimate of drug-likeness (QED) is 0.765. The fourth-order valence-electron chi connectivity index (χ4n) is 1.98. The lowest BCUT2D eigenvalue weighted by atomic mass is 10.1. The van der Waals surface area contributed by atoms with Crippen molar-refractivity contribution in [2.75, 3.05) is 5.32 Å². The molecule has 0 fully saturated rings. The summed E-state index contributed by atoms with van der Waals surface area (Å²) in [6.45, 7) is 2.10. The molecule has 0 radical (unpaired) electrons. The van der Waals surface area contributed by atoms with Crippen LogP contribution in [0.3, 0.4) is 0 Å². The van der Waals surface area contributed by atoms with Crippen molar-refractivity contribution < 1.29 is 4.79 Å². The molecule has 100 valence electrons. The Bertz CT molecular complexity index is 746. The Labute approximate surface area is 116 Å². The third-order valence-corrected chi connectivity index (χ3v) is 3.16. The molecule has 0 aliphatic heterocycles. The first-order chi connectivity index (χ1) is 9.76. The number of amides is 1. The Hall–Kier alpha value is -2.69. The molecule has 3 rings (SSSR count). The lowest BCUT2D eigenvalue weighted by molar-refractivity contribution is 0.102. The zero-order chi connectivity index (χ0) is 13.9. The van der Waals surface area contributed by atoms with Crippen LogP contribution in [0.15, 0.2) is 42.9 Å². The Kier molecular flexibility index (Phi) is 3.16. The highest BCUT2D eigenvalue weighted by Gasteiger charge is 2.08. The van der Waals surface area contributed by atoms with Crippen LogP contribution in [0.2, 0.25) is 0 Å². The Morgan fingerprint density at radius 2 is 2.05 bits per heavy atom. The predicted octanol–water partition coefficient (Wildman–Crippen LogP) is 2.77. The molecule has 5 heteroatoms. The number of fused-ring (bicyclic) bond motifs is 1. The molecule has 2 heterocycles. The molecule has 0 unspecified atom stereocenters. The van der Waals surface area contributed by atoms with Gasteiger partial charge in [0.25, 0.3) is 5.91 Å². The van der Waals surface area contributed by atoms with E-state index >= 15 is 0 Å². The molecule has 1 aromatic carbocycles. The van der Waals surface area contributed by atoms with E-state index in [4.69, 9.17) is 0 Å². The number of pyridine rings is 1. The number of aromatic amines is 1. The Morgan fingerprint density at radius 1 is 1.25 bits per heavy atom. The van der Waals surface area contributed by atoms with Crippen LogP contribution in [0.1, 0.15) is 22.8 Å². The summed E-state index contributed by atoms with van der Waals surface area (Å²) in [6, 6.07) is 9.56. The molecule has 0 saturated carbocycles. The van der Waals surface area contributed by atoms with Gasteiger partial charge in [-0.2, -0.15) is 0 Å². The standard InChI is InChI=1S/C15H14N4O/c1-2-10-3-5-12(6-4-10)19-15(20)11-7-13-14(16-8-11)18-9-17-13/h3-9H,2H2,1H3,(H,19,20)(H,16,17,18). The first-order valence-electron chi connectivity index (χ1n) is 6.45. The SMILES string of the molecule is CCc1ccc(NC(=O)c2cnc3nc[nH]c3c2)cc1. The molecule has 20 heavy (non-hydrogen) atoms. The molecular formula is C15H14N4O. The molecule has 0 aliphatic rings. The molecule has 2 N–H and O–H groups in total. The number of carbonyl (C=O) groups is 1. The van der Waals surface area contributed by atoms with Crippen LogP contribution >= 0.6 is 0 Å². The number of benzene rings is 1. The minimum atomic E-state index is -0.182. The predicted molar refractivity (Wildman–Crippen MR) is 77.7 cm³/mol. The van der Waals surface area contributed by atoms with E-state index in [1.165, 1.54) is 11.8 Å². The largest absolute Gasteiger partial charge is 0.343 e. The van der Waals surface area contributed by atoms with Gasteiger partial charge in [-0.3, -0.25) is 4.79 Å². The van der Waals surface area contributed by atoms with Crippen molar-refractivity contribution in [3.8, 4) is 0 Å². The lowest BCUT2D eigenvalue weighted by Gasteiger charge is -2.05. The zero-order valence-corrected chi connectivity index (χ0v) is 11.1. The second-order valence-corrected chi connectivity index (χ2v) is 4.50. The van der Waals surface area contributed by atoms with Crippen molar-refractivity contribution in [1.29, 1.82) is 0 Å². The maximum Gasteiger partial charge on any atom is 0.257 e. The van der Waals surface area contributed by atoms with Gasteiger partial charge in [0, 0.05) is 11.9 Å². The van der Waals surface area contributed by atoms with Crippen LogP contribution in [-0.4, -0.2) is 20.9 Å². The number of nitrogens with zero attached hydrogens (tertiary/aromatic N) is 2. The minimum absolute atomic E-state index is 0.182. The number of hydrogen-bond donors (Lipinski definition) is 2. The normalized spacial score (nSPS) is 10.7. The van der Waals surface area contributed by atoms with E-state index in [0.717, 1.165) is 17.6 Å². The Morgan fingerprint density at radius 3 is 2.80 bits per heavy atom. The number of H-pyrrole nitrogens is 1. The van der Waals surface area contributed by atoms with Crippen LogP contribution in [0.25, 0.3) is 11.2 Å². The fraction of sp³-hybridized carbons (Fsp3) is 0.133. The summed E-state index contributed by atoms with van der Waals surface area (Å²) >= 11 is 0. The van der Waals surface area contributed by atoms with Gasteiger partial charge in [0.05, 0.1) is 17.4 Å². The molecule has 0 bridgehead atoms. The van der Waals surface area contributed by atoms with E-state index < -0.39 is 0 Å². The van der Waals surface area contributed by atoms with Gasteiger partial charge in [-0.15, -0.1) is 0 Å². The molecule has 2 aromatic heterocycles. The van der Waals surface area contributed by atoms with Crippen LogP contribution in [0, 0.1) is 0 Å². The smallest absolute Gasteiger partial charge is 0.257 e. The van der Waals surface area contributed by atoms with Gasteiger partial charge in [-0.1, -0.05) is 19.1 Å². The zero-order valence-electron chi connectivity index (χ0n) is 11.1. The van der Waals surface area contributed by atoms with Crippen molar-refractivity contribution >= 4 is 22.8 Å². The van der Waals surface area contributed by atoms with Crippen molar-refractivity contribution in [1.82, 2.24) is 15.0 Å². The van der Waals surface area contributed by atoms with E-state index in [1.807, 2.05) is 24.3 Å². The van der Waals surface area contributed by atoms with E-state index in [1.54, 1.807) is 12.4 Å². The van der Waals surface area contributed by atoms with E-state index in [0.29, 0.717) is 11.2 Å². The number of aromatic nitrogens is 3. The second-order valence-electron chi connectivity index (χ2n) is 4.50. The number of nitrogens with one attached hydrogen (secondary N) is 2. The van der Waals surface area contributed by atoms with Gasteiger partial charge in [0.15, 0.2) is 5.65 Å². The van der Waals surface area contributed by atoms with Crippen molar-refractivity contribution in [2.45, 2.75) is 13.3 Å². The minimum Gasteiger partial charge on any atom is -0.343 e. The molecule has 0 spiro atoms. The molecule has 1 amide bonds. The van der Waals surface area contributed by atoms with Crippen molar-refractivity contribution in [3.05, 3.63) is 54.0 Å². The number of imidazole rings is 1. The average molecular weight is 266 g/mol. The van der Waals surface area contributed by atoms with Crippen LogP contribution in [0.5, 0.6) is 0 Å². The average Bonchev–Trinajstić information content (AvgIpc) is 2.95. The highest BCUT2D eigenvalue weighted by atomic mass is 16.1. The highest BCUT2D eigenvalue weighted by molar-refractivity contribution is 6.05. The van der Waals surface area contributed by atoms with Gasteiger partial charge in [-0.05, 0) is 30.2 Å². The van der Waals surface area contributed by atoms with E-state index in [2.05, 4.69) is 27.2 Å². The number of aryl methyl sites for hydroxylation is 1. The summed E-state index contributed by atoms with van der Waals surface area (Å²) in [5.41, 5.74) is 3.87. The summed E-state index contributed by atoms with van der Waals surface area (Å²) in [5, 5.41) is 2.85. The number of carbonyl (C=O) groups excluding carboxylic acids is 1. The first kappa shape index (κ1) is 12.3. The topological polar surface area (TPSA) is 70.7 Å². The number of hydrogen-bond acceptors (Lipinski definition) is 3. The van der Waals surface area contributed by atoms with Gasteiger partial charge in [0.2, 0.25) is 0 Å². The molecule has 0 atom stereocenters. The third-order valence-electron chi connectivity index (χ3n) is 3.16. The summed E-state index contributed by atoms with van der Waals surface area (Å²) in [6.07, 6.45) is 4.07. The maximum atomic E-state index is 12.1. The van der Waals surface area contributed by atoms with Gasteiger partial charge in [-0.25, -0.2) is 9.97 Å². The summed E-state index contributed by atoms with van der Waals surface area (Å²) in [5.74, 6) is -0.182. The molecule has 5 nitrogen and oxygen atoms in total. The molecule has 3 aromatic rings. The van der Waals surface area contributed by atoms with E-state index in [-0.39, 0.29) is 5.91 Å².